The largest absolute Gasteiger partial charge is 0.482 e. The molecule has 19 heavy (non-hydrogen) atoms. The first-order valence-corrected chi connectivity index (χ1v) is 6.12. The average Bonchev–Trinajstić information content (AvgIpc) is 2.31. The maximum absolute atomic E-state index is 13.9. The van der Waals surface area contributed by atoms with Crippen LogP contribution in [-0.4, -0.2) is 12.4 Å². The van der Waals surface area contributed by atoms with Crippen molar-refractivity contribution >= 4 is 21.8 Å². The number of hydrogen-bond donors (Lipinski definition) is 1. The van der Waals surface area contributed by atoms with Gasteiger partial charge in [-0.2, -0.15) is 8.78 Å². The molecule has 2 N–H and O–H groups in total. The summed E-state index contributed by atoms with van der Waals surface area (Å²) in [5.74, 6) is -1.31. The number of halogens is 4. The Kier molecular flexibility index (Phi) is 3.58. The normalized spacial score (nSPS) is 22.8. The van der Waals surface area contributed by atoms with Crippen molar-refractivity contribution < 1.29 is 17.9 Å². The van der Waals surface area contributed by atoms with E-state index in [0.717, 1.165) is 0 Å². The van der Waals surface area contributed by atoms with E-state index in [1.54, 1.807) is 0 Å². The second-order valence-corrected chi connectivity index (χ2v) is 5.09. The van der Waals surface area contributed by atoms with Crippen LogP contribution in [0.1, 0.15) is 12.5 Å². The topological polar surface area (TPSA) is 47.6 Å². The second kappa shape index (κ2) is 4.88. The van der Waals surface area contributed by atoms with Crippen LogP contribution >= 0.6 is 15.9 Å². The van der Waals surface area contributed by atoms with E-state index in [4.69, 9.17) is 10.5 Å². The van der Waals surface area contributed by atoms with E-state index in [2.05, 4.69) is 20.9 Å². The highest BCUT2D eigenvalue weighted by Crippen LogP contribution is 2.40. The molecule has 0 aliphatic carbocycles. The van der Waals surface area contributed by atoms with Crippen molar-refractivity contribution in [3.8, 4) is 0 Å². The quantitative estimate of drug-likeness (QED) is 0.856. The molecule has 0 fully saturated rings. The fourth-order valence-corrected chi connectivity index (χ4v) is 2.31. The fraction of sp³-hybridized carbons (Fsp3) is 0.250. The number of ether oxygens (including phenoxy) is 1. The first-order valence-electron chi connectivity index (χ1n) is 5.33. The number of benzene rings is 1. The number of nitrogens with zero attached hydrogens (tertiary/aromatic N) is 1. The van der Waals surface area contributed by atoms with Crippen molar-refractivity contribution in [2.45, 2.75) is 12.5 Å². The predicted molar refractivity (Wildman–Crippen MR) is 68.3 cm³/mol. The van der Waals surface area contributed by atoms with Gasteiger partial charge in [0.2, 0.25) is 0 Å². The number of rotatable bonds is 1. The summed E-state index contributed by atoms with van der Waals surface area (Å²) in [5.41, 5.74) is 3.82. The standard InChI is InChI=1S/C12H10BrF3N2O/c1-12(7-4-6(13)2-3-8(7)14)10(11(15)16)19-5-9(17)18-12/h2-4H,5H2,1H3,(H2,17,18). The first-order chi connectivity index (χ1) is 8.84. The van der Waals surface area contributed by atoms with Crippen LogP contribution in [0.15, 0.2) is 39.5 Å². The van der Waals surface area contributed by atoms with Crippen LogP contribution in [0.3, 0.4) is 0 Å². The van der Waals surface area contributed by atoms with Crippen molar-refractivity contribution in [3.05, 3.63) is 45.9 Å². The Morgan fingerprint density at radius 1 is 1.47 bits per heavy atom. The summed E-state index contributed by atoms with van der Waals surface area (Å²) in [5, 5.41) is 0. The molecule has 1 aliphatic heterocycles. The minimum Gasteiger partial charge on any atom is -0.482 e. The monoisotopic (exact) mass is 334 g/mol. The fourth-order valence-electron chi connectivity index (χ4n) is 1.95. The summed E-state index contributed by atoms with van der Waals surface area (Å²) in [6.07, 6.45) is -2.04. The van der Waals surface area contributed by atoms with Gasteiger partial charge in [-0.15, -0.1) is 0 Å². The first kappa shape index (κ1) is 13.9. The third-order valence-electron chi connectivity index (χ3n) is 2.80. The van der Waals surface area contributed by atoms with Crippen LogP contribution in [0.4, 0.5) is 13.2 Å². The second-order valence-electron chi connectivity index (χ2n) is 4.18. The van der Waals surface area contributed by atoms with Gasteiger partial charge in [0.1, 0.15) is 18.3 Å². The average molecular weight is 335 g/mol. The van der Waals surface area contributed by atoms with Crippen LogP contribution < -0.4 is 5.73 Å². The molecule has 0 amide bonds. The van der Waals surface area contributed by atoms with Crippen molar-refractivity contribution in [2.75, 3.05) is 6.61 Å². The third-order valence-corrected chi connectivity index (χ3v) is 3.29. The Bertz CT molecular complexity index is 584. The third kappa shape index (κ3) is 2.47. The summed E-state index contributed by atoms with van der Waals surface area (Å²) in [4.78, 5) is 3.96. The van der Waals surface area contributed by atoms with Gasteiger partial charge < -0.3 is 10.5 Å². The lowest BCUT2D eigenvalue weighted by molar-refractivity contribution is 0.158. The molecule has 1 aromatic rings. The van der Waals surface area contributed by atoms with Gasteiger partial charge in [-0.3, -0.25) is 0 Å². The molecule has 1 aromatic carbocycles. The highest BCUT2D eigenvalue weighted by atomic mass is 79.9. The molecule has 0 spiro atoms. The molecule has 0 radical (unpaired) electrons. The van der Waals surface area contributed by atoms with E-state index >= 15 is 0 Å². The van der Waals surface area contributed by atoms with E-state index in [-0.39, 0.29) is 18.0 Å². The van der Waals surface area contributed by atoms with E-state index in [1.807, 2.05) is 0 Å². The lowest BCUT2D eigenvalue weighted by Crippen LogP contribution is -2.37. The maximum atomic E-state index is 13.9. The van der Waals surface area contributed by atoms with Gasteiger partial charge in [-0.1, -0.05) is 15.9 Å². The zero-order valence-corrected chi connectivity index (χ0v) is 11.5. The summed E-state index contributed by atoms with van der Waals surface area (Å²) >= 11 is 3.17. The van der Waals surface area contributed by atoms with Crippen LogP contribution in [0.2, 0.25) is 0 Å². The summed E-state index contributed by atoms with van der Waals surface area (Å²) in [6, 6.07) is 4.01. The Balaban J connectivity index is 2.70. The van der Waals surface area contributed by atoms with E-state index in [0.29, 0.717) is 4.47 Å². The minimum atomic E-state index is -2.04. The Morgan fingerprint density at radius 2 is 2.16 bits per heavy atom. The van der Waals surface area contributed by atoms with Gasteiger partial charge in [0.25, 0.3) is 0 Å². The Hall–Kier alpha value is -1.50. The molecule has 1 atom stereocenters. The van der Waals surface area contributed by atoms with Crippen molar-refractivity contribution in [2.24, 2.45) is 10.7 Å². The highest BCUT2D eigenvalue weighted by molar-refractivity contribution is 9.10. The number of amidine groups is 1. The molecular formula is C12H10BrF3N2O. The van der Waals surface area contributed by atoms with Gasteiger partial charge in [0, 0.05) is 10.0 Å². The van der Waals surface area contributed by atoms with E-state index < -0.39 is 23.2 Å². The van der Waals surface area contributed by atoms with Gasteiger partial charge in [0.15, 0.2) is 11.3 Å². The zero-order valence-electron chi connectivity index (χ0n) is 9.88. The van der Waals surface area contributed by atoms with Gasteiger partial charge in [0.05, 0.1) is 0 Å². The lowest BCUT2D eigenvalue weighted by Gasteiger charge is -2.32. The maximum Gasteiger partial charge on any atom is 0.310 e. The summed E-state index contributed by atoms with van der Waals surface area (Å²) in [6.45, 7) is 1.09. The SMILES string of the molecule is CC1(c2cc(Br)ccc2F)N=C(N)COC1=C(F)F. The summed E-state index contributed by atoms with van der Waals surface area (Å²) < 4.78 is 45.3. The molecule has 7 heteroatoms. The number of nitrogens with two attached hydrogens (primary N) is 1. The van der Waals surface area contributed by atoms with Crippen molar-refractivity contribution in [1.82, 2.24) is 0 Å². The van der Waals surface area contributed by atoms with E-state index in [1.165, 1.54) is 25.1 Å². The molecule has 0 saturated heterocycles. The van der Waals surface area contributed by atoms with Gasteiger partial charge in [-0.05, 0) is 25.1 Å². The van der Waals surface area contributed by atoms with Gasteiger partial charge in [-0.25, -0.2) is 9.38 Å². The molecule has 2 rings (SSSR count). The number of hydrogen-bond acceptors (Lipinski definition) is 3. The molecule has 102 valence electrons. The number of aliphatic imine (C=N–C) groups is 1. The molecule has 1 unspecified atom stereocenters. The summed E-state index contributed by atoms with van der Waals surface area (Å²) in [7, 11) is 0. The highest BCUT2D eigenvalue weighted by Gasteiger charge is 2.41. The Morgan fingerprint density at radius 3 is 2.79 bits per heavy atom. The Labute approximate surface area is 116 Å². The van der Waals surface area contributed by atoms with Crippen molar-refractivity contribution in [3.63, 3.8) is 0 Å². The molecular weight excluding hydrogens is 325 g/mol. The van der Waals surface area contributed by atoms with Crippen LogP contribution in [0.5, 0.6) is 0 Å². The lowest BCUT2D eigenvalue weighted by atomic mass is 9.89. The van der Waals surface area contributed by atoms with Crippen LogP contribution in [-0.2, 0) is 10.3 Å². The molecule has 0 bridgehead atoms. The smallest absolute Gasteiger partial charge is 0.310 e. The van der Waals surface area contributed by atoms with E-state index in [9.17, 15) is 13.2 Å². The van der Waals surface area contributed by atoms with Crippen LogP contribution in [0, 0.1) is 5.82 Å². The van der Waals surface area contributed by atoms with Crippen LogP contribution in [0.25, 0.3) is 0 Å². The van der Waals surface area contributed by atoms with Gasteiger partial charge >= 0.3 is 6.08 Å². The predicted octanol–water partition coefficient (Wildman–Crippen LogP) is 3.30. The minimum absolute atomic E-state index is 0.0341. The molecule has 1 aliphatic rings. The zero-order chi connectivity index (χ0) is 14.2. The molecule has 0 aromatic heterocycles. The van der Waals surface area contributed by atoms with Crippen molar-refractivity contribution in [1.29, 1.82) is 0 Å². The molecule has 1 heterocycles. The molecule has 3 nitrogen and oxygen atoms in total. The molecule has 0 saturated carbocycles.